The van der Waals surface area contributed by atoms with Gasteiger partial charge in [0.05, 0.1) is 7.11 Å². The molecule has 13 heavy (non-hydrogen) atoms. The van der Waals surface area contributed by atoms with Crippen molar-refractivity contribution in [1.29, 1.82) is 0 Å². The summed E-state index contributed by atoms with van der Waals surface area (Å²) in [5, 5.41) is 0.344. The lowest BCUT2D eigenvalue weighted by molar-refractivity contribution is 0.0600. The lowest BCUT2D eigenvalue weighted by atomic mass is 10.5. The van der Waals surface area contributed by atoms with Gasteiger partial charge < -0.3 is 4.74 Å². The summed E-state index contributed by atoms with van der Waals surface area (Å²) in [7, 11) is 1.34. The third kappa shape index (κ3) is 1.38. The van der Waals surface area contributed by atoms with Crippen LogP contribution in [0.15, 0.2) is 18.3 Å². The van der Waals surface area contributed by atoms with E-state index >= 15 is 0 Å². The molecule has 0 spiro atoms. The maximum absolute atomic E-state index is 11.1. The van der Waals surface area contributed by atoms with Gasteiger partial charge in [0.25, 0.3) is 0 Å². The Morgan fingerprint density at radius 1 is 1.62 bits per heavy atom. The van der Waals surface area contributed by atoms with E-state index in [1.807, 2.05) is 6.07 Å². The van der Waals surface area contributed by atoms with E-state index in [0.29, 0.717) is 5.01 Å². The maximum atomic E-state index is 11.1. The Kier molecular flexibility index (Phi) is 1.94. The molecule has 0 aliphatic heterocycles. The van der Waals surface area contributed by atoms with Gasteiger partial charge in [0.15, 0.2) is 0 Å². The van der Waals surface area contributed by atoms with Crippen molar-refractivity contribution in [2.45, 2.75) is 0 Å². The number of pyridine rings is 1. The van der Waals surface area contributed by atoms with Crippen molar-refractivity contribution in [2.24, 2.45) is 0 Å². The van der Waals surface area contributed by atoms with Crippen molar-refractivity contribution in [3.05, 3.63) is 23.3 Å². The summed E-state index contributed by atoms with van der Waals surface area (Å²) in [5.74, 6) is -0.414. The van der Waals surface area contributed by atoms with Gasteiger partial charge in [0.1, 0.15) is 10.3 Å². The van der Waals surface area contributed by atoms with Crippen molar-refractivity contribution in [2.75, 3.05) is 7.11 Å². The van der Waals surface area contributed by atoms with Gasteiger partial charge >= 0.3 is 5.97 Å². The van der Waals surface area contributed by atoms with Gasteiger partial charge in [-0.05, 0) is 12.1 Å². The number of hydrogen-bond acceptors (Lipinski definition) is 5. The van der Waals surface area contributed by atoms with Crippen LogP contribution < -0.4 is 0 Å². The lowest BCUT2D eigenvalue weighted by Gasteiger charge is -1.89. The van der Waals surface area contributed by atoms with Gasteiger partial charge in [-0.25, -0.2) is 14.8 Å². The summed E-state index contributed by atoms with van der Waals surface area (Å²) in [6.07, 6.45) is 1.67. The number of fused-ring (bicyclic) bond motifs is 1. The quantitative estimate of drug-likeness (QED) is 0.645. The van der Waals surface area contributed by atoms with Gasteiger partial charge in [-0.15, -0.1) is 0 Å². The fourth-order valence-electron chi connectivity index (χ4n) is 0.944. The monoisotopic (exact) mass is 194 g/mol. The van der Waals surface area contributed by atoms with Crippen LogP contribution in [0.5, 0.6) is 0 Å². The Bertz CT molecular complexity index is 419. The van der Waals surface area contributed by atoms with Crippen LogP contribution in [0.2, 0.25) is 0 Å². The summed E-state index contributed by atoms with van der Waals surface area (Å²) in [4.78, 5) is 20.0. The zero-order chi connectivity index (χ0) is 9.26. The van der Waals surface area contributed by atoms with Crippen molar-refractivity contribution in [1.82, 2.24) is 9.97 Å². The van der Waals surface area contributed by atoms with E-state index in [9.17, 15) is 4.79 Å². The molecule has 0 saturated carbocycles. The molecule has 0 bridgehead atoms. The highest BCUT2D eigenvalue weighted by molar-refractivity contribution is 7.19. The highest BCUT2D eigenvalue weighted by atomic mass is 32.1. The van der Waals surface area contributed by atoms with E-state index in [1.54, 1.807) is 12.3 Å². The summed E-state index contributed by atoms with van der Waals surface area (Å²) in [6.45, 7) is 0. The van der Waals surface area contributed by atoms with Crippen molar-refractivity contribution >= 4 is 27.7 Å². The SMILES string of the molecule is COC(=O)c1nc2cccnc2s1. The molecule has 5 heteroatoms. The molecule has 2 aromatic rings. The van der Waals surface area contributed by atoms with E-state index in [-0.39, 0.29) is 0 Å². The van der Waals surface area contributed by atoms with Gasteiger partial charge in [0, 0.05) is 6.20 Å². The number of hydrogen-bond donors (Lipinski definition) is 0. The second kappa shape index (κ2) is 3.10. The van der Waals surface area contributed by atoms with Gasteiger partial charge in [-0.2, -0.15) is 0 Å². The molecular weight excluding hydrogens is 188 g/mol. The largest absolute Gasteiger partial charge is 0.464 e. The van der Waals surface area contributed by atoms with Crippen LogP contribution >= 0.6 is 11.3 Å². The maximum Gasteiger partial charge on any atom is 0.367 e. The van der Waals surface area contributed by atoms with Crippen LogP contribution in [0.3, 0.4) is 0 Å². The molecule has 4 nitrogen and oxygen atoms in total. The molecule has 2 heterocycles. The van der Waals surface area contributed by atoms with E-state index in [1.165, 1.54) is 18.4 Å². The summed E-state index contributed by atoms with van der Waals surface area (Å²) in [5.41, 5.74) is 0.730. The molecule has 0 saturated heterocycles. The number of aromatic nitrogens is 2. The average Bonchev–Trinajstić information content (AvgIpc) is 2.59. The average molecular weight is 194 g/mol. The van der Waals surface area contributed by atoms with Crippen molar-refractivity contribution < 1.29 is 9.53 Å². The van der Waals surface area contributed by atoms with Gasteiger partial charge in [-0.1, -0.05) is 11.3 Å². The second-order valence-electron chi connectivity index (χ2n) is 2.34. The fourth-order valence-corrected chi connectivity index (χ4v) is 1.77. The molecule has 2 aromatic heterocycles. The van der Waals surface area contributed by atoms with E-state index in [2.05, 4.69) is 14.7 Å². The van der Waals surface area contributed by atoms with Crippen LogP contribution in [0.4, 0.5) is 0 Å². The third-order valence-corrected chi connectivity index (χ3v) is 2.49. The summed E-state index contributed by atoms with van der Waals surface area (Å²) >= 11 is 1.23. The number of nitrogens with zero attached hydrogens (tertiary/aromatic N) is 2. The first-order valence-corrected chi connectivity index (χ1v) is 4.43. The first-order chi connectivity index (χ1) is 6.31. The predicted octanol–water partition coefficient (Wildman–Crippen LogP) is 1.48. The first-order valence-electron chi connectivity index (χ1n) is 3.61. The molecule has 0 aromatic carbocycles. The van der Waals surface area contributed by atoms with Crippen molar-refractivity contribution in [3.63, 3.8) is 0 Å². The molecule has 0 aliphatic rings. The number of esters is 1. The Balaban J connectivity index is 2.56. The number of thiazole rings is 1. The lowest BCUT2D eigenvalue weighted by Crippen LogP contribution is -1.99. The second-order valence-corrected chi connectivity index (χ2v) is 3.32. The molecule has 66 valence electrons. The normalized spacial score (nSPS) is 10.2. The number of methoxy groups -OCH3 is 1. The number of carbonyl (C=O) groups excluding carboxylic acids is 1. The summed E-state index contributed by atoms with van der Waals surface area (Å²) in [6, 6.07) is 3.59. The molecule has 0 amide bonds. The minimum absolute atomic E-state index is 0.344. The van der Waals surface area contributed by atoms with E-state index in [0.717, 1.165) is 10.3 Å². The number of rotatable bonds is 1. The molecule has 0 aliphatic carbocycles. The Labute approximate surface area is 78.2 Å². The minimum atomic E-state index is -0.414. The third-order valence-electron chi connectivity index (χ3n) is 1.53. The molecule has 0 unspecified atom stereocenters. The van der Waals surface area contributed by atoms with Crippen molar-refractivity contribution in [3.8, 4) is 0 Å². The van der Waals surface area contributed by atoms with Crippen LogP contribution in [0.25, 0.3) is 10.3 Å². The first kappa shape index (κ1) is 8.12. The molecular formula is C8H6N2O2S. The van der Waals surface area contributed by atoms with E-state index in [4.69, 9.17) is 0 Å². The van der Waals surface area contributed by atoms with Gasteiger partial charge in [0.2, 0.25) is 5.01 Å². The Hall–Kier alpha value is -1.49. The fraction of sp³-hybridized carbons (Fsp3) is 0.125. The molecule has 0 atom stereocenters. The zero-order valence-electron chi connectivity index (χ0n) is 6.85. The van der Waals surface area contributed by atoms with Gasteiger partial charge in [-0.3, -0.25) is 0 Å². The highest BCUT2D eigenvalue weighted by Crippen LogP contribution is 2.19. The number of carbonyl (C=O) groups is 1. The topological polar surface area (TPSA) is 52.1 Å². The molecule has 2 rings (SSSR count). The molecule has 0 radical (unpaired) electrons. The smallest absolute Gasteiger partial charge is 0.367 e. The number of ether oxygens (including phenoxy) is 1. The Morgan fingerprint density at radius 2 is 2.46 bits per heavy atom. The molecule has 0 N–H and O–H groups in total. The minimum Gasteiger partial charge on any atom is -0.464 e. The summed E-state index contributed by atoms with van der Waals surface area (Å²) < 4.78 is 4.55. The predicted molar refractivity (Wildman–Crippen MR) is 48.8 cm³/mol. The van der Waals surface area contributed by atoms with Crippen LogP contribution in [-0.4, -0.2) is 23.0 Å². The van der Waals surface area contributed by atoms with Crippen LogP contribution in [0.1, 0.15) is 9.80 Å². The van der Waals surface area contributed by atoms with Crippen LogP contribution in [-0.2, 0) is 4.74 Å². The zero-order valence-corrected chi connectivity index (χ0v) is 7.67. The standard InChI is InChI=1S/C8H6N2O2S/c1-12-8(11)7-10-5-3-2-4-9-6(5)13-7/h2-4H,1H3. The van der Waals surface area contributed by atoms with Crippen LogP contribution in [0, 0.1) is 0 Å². The highest BCUT2D eigenvalue weighted by Gasteiger charge is 2.11. The molecule has 0 fully saturated rings. The Morgan fingerprint density at radius 3 is 3.15 bits per heavy atom. The van der Waals surface area contributed by atoms with E-state index < -0.39 is 5.97 Å².